The van der Waals surface area contributed by atoms with Crippen molar-refractivity contribution in [1.82, 2.24) is 0 Å². The molecule has 0 aromatic heterocycles. The van der Waals surface area contributed by atoms with Gasteiger partial charge < -0.3 is 5.32 Å². The summed E-state index contributed by atoms with van der Waals surface area (Å²) in [6.07, 6.45) is 2.52. The van der Waals surface area contributed by atoms with Gasteiger partial charge in [0.05, 0.1) is 9.95 Å². The molecule has 0 aliphatic rings. The third kappa shape index (κ3) is 4.87. The molecule has 0 spiro atoms. The highest BCUT2D eigenvalue weighted by Gasteiger charge is 2.15. The Hall–Kier alpha value is -2.78. The van der Waals surface area contributed by atoms with Gasteiger partial charge >= 0.3 is 10.2 Å². The summed E-state index contributed by atoms with van der Waals surface area (Å²) in [5.41, 5.74) is 0.657. The molecule has 0 aliphatic carbocycles. The number of amides is 1. The van der Waals surface area contributed by atoms with Crippen LogP contribution in [0.1, 0.15) is 11.1 Å². The van der Waals surface area contributed by atoms with Crippen LogP contribution in [-0.4, -0.2) is 19.2 Å². The second-order valence-corrected chi connectivity index (χ2v) is 6.93. The van der Waals surface area contributed by atoms with E-state index in [2.05, 4.69) is 5.32 Å². The van der Waals surface area contributed by atoms with Crippen molar-refractivity contribution in [3.05, 3.63) is 68.7 Å². The first-order chi connectivity index (χ1) is 12.1. The molecular weight excluding hydrogens is 387 g/mol. The van der Waals surface area contributed by atoms with Gasteiger partial charge in [-0.2, -0.15) is 8.42 Å². The maximum absolute atomic E-state index is 13.0. The first-order valence-electron chi connectivity index (χ1n) is 7.06. The Bertz CT molecular complexity index is 1020. The van der Waals surface area contributed by atoms with Gasteiger partial charge in [0.15, 0.2) is 0 Å². The Morgan fingerprint density at radius 2 is 1.96 bits per heavy atom. The van der Waals surface area contributed by atoms with Crippen LogP contribution in [0.15, 0.2) is 47.4 Å². The molecule has 7 nitrogen and oxygen atoms in total. The number of carbonyl (C=O) groups is 1. The minimum Gasteiger partial charge on any atom is -0.323 e. The van der Waals surface area contributed by atoms with Gasteiger partial charge in [-0.25, -0.2) is 0 Å². The molecule has 0 saturated carbocycles. The maximum atomic E-state index is 13.0. The number of benzene rings is 2. The SMILES string of the molecule is Cc1cc(NC(=O)/C=C\c2ccc([N+](=O)[O-])cc2Cl)ccc1S(=O)(=O)F. The van der Waals surface area contributed by atoms with Gasteiger partial charge in [-0.05, 0) is 48.4 Å². The number of anilines is 1. The van der Waals surface area contributed by atoms with E-state index in [0.717, 1.165) is 12.1 Å². The van der Waals surface area contributed by atoms with Gasteiger partial charge in [-0.1, -0.05) is 11.6 Å². The Morgan fingerprint density at radius 1 is 1.27 bits per heavy atom. The van der Waals surface area contributed by atoms with Crippen LogP contribution in [0.5, 0.6) is 0 Å². The van der Waals surface area contributed by atoms with E-state index in [0.29, 0.717) is 5.56 Å². The summed E-state index contributed by atoms with van der Waals surface area (Å²) in [5, 5.41) is 13.2. The van der Waals surface area contributed by atoms with Gasteiger partial charge in [-0.15, -0.1) is 3.89 Å². The van der Waals surface area contributed by atoms with Gasteiger partial charge in [0.25, 0.3) is 5.69 Å². The number of nitro benzene ring substituents is 1. The lowest BCUT2D eigenvalue weighted by molar-refractivity contribution is -0.384. The first kappa shape index (κ1) is 19.5. The van der Waals surface area contributed by atoms with Crippen LogP contribution in [-0.2, 0) is 15.0 Å². The summed E-state index contributed by atoms with van der Waals surface area (Å²) in [7, 11) is -4.83. The van der Waals surface area contributed by atoms with E-state index in [1.165, 1.54) is 43.3 Å². The zero-order chi connectivity index (χ0) is 19.5. The number of aryl methyl sites for hydroxylation is 1. The van der Waals surface area contributed by atoms with E-state index >= 15 is 0 Å². The maximum Gasteiger partial charge on any atom is 0.332 e. The number of nitro groups is 1. The summed E-state index contributed by atoms with van der Waals surface area (Å²) < 4.78 is 34.9. The minimum atomic E-state index is -4.83. The van der Waals surface area contributed by atoms with E-state index in [9.17, 15) is 27.2 Å². The Kier molecular flexibility index (Phi) is 5.73. The number of nitrogens with one attached hydrogen (secondary N) is 1. The summed E-state index contributed by atoms with van der Waals surface area (Å²) in [6, 6.07) is 7.44. The zero-order valence-corrected chi connectivity index (χ0v) is 14.8. The van der Waals surface area contributed by atoms with Crippen molar-refractivity contribution in [3.8, 4) is 0 Å². The number of hydrogen-bond acceptors (Lipinski definition) is 5. The van der Waals surface area contributed by atoms with E-state index in [1.807, 2.05) is 0 Å². The Morgan fingerprint density at radius 3 is 2.50 bits per heavy atom. The lowest BCUT2D eigenvalue weighted by Gasteiger charge is -2.06. The van der Waals surface area contributed by atoms with Gasteiger partial charge in [0.2, 0.25) is 5.91 Å². The molecule has 1 amide bonds. The number of hydrogen-bond donors (Lipinski definition) is 1. The predicted molar refractivity (Wildman–Crippen MR) is 95.2 cm³/mol. The van der Waals surface area contributed by atoms with Crippen LogP contribution in [0.25, 0.3) is 6.08 Å². The van der Waals surface area contributed by atoms with Crippen molar-refractivity contribution < 1.29 is 22.0 Å². The van der Waals surface area contributed by atoms with Crippen molar-refractivity contribution in [2.24, 2.45) is 0 Å². The van der Waals surface area contributed by atoms with Gasteiger partial charge in [0, 0.05) is 23.9 Å². The van der Waals surface area contributed by atoms with Crippen LogP contribution in [0, 0.1) is 17.0 Å². The molecule has 2 aromatic rings. The number of carbonyl (C=O) groups excluding carboxylic acids is 1. The highest BCUT2D eigenvalue weighted by molar-refractivity contribution is 7.86. The summed E-state index contributed by atoms with van der Waals surface area (Å²) in [6.45, 7) is 1.40. The smallest absolute Gasteiger partial charge is 0.323 e. The van der Waals surface area contributed by atoms with E-state index < -0.39 is 25.9 Å². The van der Waals surface area contributed by atoms with Crippen molar-refractivity contribution in [1.29, 1.82) is 0 Å². The largest absolute Gasteiger partial charge is 0.332 e. The molecule has 0 radical (unpaired) electrons. The number of non-ortho nitro benzene ring substituents is 1. The standard InChI is InChI=1S/C16H12ClFN2O5S/c1-10-8-12(4-6-15(10)26(18,24)25)19-16(21)7-3-11-2-5-13(20(22)23)9-14(11)17/h2-9H,1H3,(H,19,21)/b7-3-. The fourth-order valence-corrected chi connectivity index (χ4v) is 3.03. The fourth-order valence-electron chi connectivity index (χ4n) is 2.11. The van der Waals surface area contributed by atoms with E-state index in [4.69, 9.17) is 11.6 Å². The van der Waals surface area contributed by atoms with Crippen LogP contribution >= 0.6 is 11.6 Å². The highest BCUT2D eigenvalue weighted by Crippen LogP contribution is 2.24. The highest BCUT2D eigenvalue weighted by atomic mass is 35.5. The quantitative estimate of drug-likeness (QED) is 0.356. The average molecular weight is 399 g/mol. The lowest BCUT2D eigenvalue weighted by Crippen LogP contribution is -2.08. The lowest BCUT2D eigenvalue weighted by atomic mass is 10.2. The molecule has 0 bridgehead atoms. The monoisotopic (exact) mass is 398 g/mol. The molecule has 1 N–H and O–H groups in total. The number of halogens is 2. The van der Waals surface area contributed by atoms with Crippen molar-refractivity contribution in [3.63, 3.8) is 0 Å². The first-order valence-corrected chi connectivity index (χ1v) is 8.82. The fraction of sp³-hybridized carbons (Fsp3) is 0.0625. The Labute approximate surface area is 153 Å². The molecule has 26 heavy (non-hydrogen) atoms. The molecule has 0 heterocycles. The molecule has 0 fully saturated rings. The van der Waals surface area contributed by atoms with Crippen molar-refractivity contribution in [2.45, 2.75) is 11.8 Å². The van der Waals surface area contributed by atoms with E-state index in [-0.39, 0.29) is 22.0 Å². The average Bonchev–Trinajstić information content (AvgIpc) is 2.52. The zero-order valence-electron chi connectivity index (χ0n) is 13.3. The van der Waals surface area contributed by atoms with Crippen molar-refractivity contribution in [2.75, 3.05) is 5.32 Å². The molecule has 0 saturated heterocycles. The van der Waals surface area contributed by atoms with Crippen LogP contribution in [0.4, 0.5) is 15.3 Å². The van der Waals surface area contributed by atoms with E-state index in [1.54, 1.807) is 0 Å². The van der Waals surface area contributed by atoms with Gasteiger partial charge in [-0.3, -0.25) is 14.9 Å². The molecule has 0 aliphatic heterocycles. The topological polar surface area (TPSA) is 106 Å². The molecule has 0 atom stereocenters. The van der Waals surface area contributed by atoms with Crippen molar-refractivity contribution >= 4 is 45.2 Å². The molecule has 136 valence electrons. The second-order valence-electron chi connectivity index (χ2n) is 5.20. The van der Waals surface area contributed by atoms with Crippen LogP contribution in [0.3, 0.4) is 0 Å². The third-order valence-electron chi connectivity index (χ3n) is 3.31. The summed E-state index contributed by atoms with van der Waals surface area (Å²) >= 11 is 5.92. The Balaban J connectivity index is 2.13. The molecule has 2 aromatic carbocycles. The third-order valence-corrected chi connectivity index (χ3v) is 4.63. The number of nitrogens with zero attached hydrogens (tertiary/aromatic N) is 1. The molecule has 0 unspecified atom stereocenters. The number of rotatable bonds is 5. The second kappa shape index (κ2) is 7.63. The van der Waals surface area contributed by atoms with Crippen LogP contribution in [0.2, 0.25) is 5.02 Å². The molecular formula is C16H12ClFN2O5S. The molecule has 10 heteroatoms. The minimum absolute atomic E-state index is 0.108. The van der Waals surface area contributed by atoms with Crippen LogP contribution < -0.4 is 5.32 Å². The molecule has 2 rings (SSSR count). The predicted octanol–water partition coefficient (Wildman–Crippen LogP) is 3.87. The summed E-state index contributed by atoms with van der Waals surface area (Å²) in [4.78, 5) is 21.5. The summed E-state index contributed by atoms with van der Waals surface area (Å²) in [5.74, 6) is -0.547. The van der Waals surface area contributed by atoms with Gasteiger partial charge in [0.1, 0.15) is 4.90 Å². The normalized spacial score (nSPS) is 11.5.